The van der Waals surface area contributed by atoms with Crippen molar-refractivity contribution in [3.05, 3.63) is 52.9 Å². The molecule has 5 heteroatoms. The number of fused-ring (bicyclic) bond motifs is 2. The summed E-state index contributed by atoms with van der Waals surface area (Å²) in [5.41, 5.74) is 3.60. The lowest BCUT2D eigenvalue weighted by molar-refractivity contribution is 0.684. The minimum atomic E-state index is 0.465. The Kier molecular flexibility index (Phi) is 3.55. The fraction of sp³-hybridized carbons (Fsp3) is 0.350. The summed E-state index contributed by atoms with van der Waals surface area (Å²) in [6.07, 6.45) is 12.8. The Labute approximate surface area is 151 Å². The van der Waals surface area contributed by atoms with E-state index in [9.17, 15) is 0 Å². The number of aromatic nitrogens is 3. The molecule has 0 aromatic carbocycles. The first-order valence-electron chi connectivity index (χ1n) is 8.95. The van der Waals surface area contributed by atoms with Crippen molar-refractivity contribution >= 4 is 32.9 Å². The Balaban J connectivity index is 1.48. The van der Waals surface area contributed by atoms with E-state index in [0.29, 0.717) is 6.04 Å². The summed E-state index contributed by atoms with van der Waals surface area (Å²) in [5.74, 6) is 1.57. The molecular weight excluding hydrogens is 328 g/mol. The number of anilines is 1. The highest BCUT2D eigenvalue weighted by molar-refractivity contribution is 7.20. The van der Waals surface area contributed by atoms with E-state index in [1.165, 1.54) is 38.9 Å². The largest absolute Gasteiger partial charge is 0.351 e. The van der Waals surface area contributed by atoms with Crippen molar-refractivity contribution < 1.29 is 0 Å². The Bertz CT molecular complexity index is 938. The summed E-state index contributed by atoms with van der Waals surface area (Å²) in [4.78, 5) is 14.9. The number of thiophene rings is 1. The quantitative estimate of drug-likeness (QED) is 0.744. The van der Waals surface area contributed by atoms with Crippen LogP contribution in [0.4, 0.5) is 5.95 Å². The minimum absolute atomic E-state index is 0.465. The number of hydrogen-bond acceptors (Lipinski definition) is 5. The van der Waals surface area contributed by atoms with Crippen LogP contribution in [0.5, 0.6) is 0 Å². The van der Waals surface area contributed by atoms with E-state index >= 15 is 0 Å². The van der Waals surface area contributed by atoms with Gasteiger partial charge in [0.1, 0.15) is 0 Å². The average Bonchev–Trinajstić information content (AvgIpc) is 3.40. The lowest BCUT2D eigenvalue weighted by Crippen LogP contribution is -2.20. The van der Waals surface area contributed by atoms with Crippen LogP contribution >= 0.6 is 11.3 Å². The van der Waals surface area contributed by atoms with E-state index < -0.39 is 0 Å². The monoisotopic (exact) mass is 348 g/mol. The number of hydrogen-bond donors (Lipinski definition) is 1. The van der Waals surface area contributed by atoms with Crippen LogP contribution in [0.25, 0.3) is 15.7 Å². The molecule has 5 rings (SSSR count). The Morgan fingerprint density at radius 2 is 2.20 bits per heavy atom. The number of allylic oxidation sites excluding steroid dienone is 1. The van der Waals surface area contributed by atoms with Crippen molar-refractivity contribution in [2.24, 2.45) is 5.92 Å². The zero-order valence-corrected chi connectivity index (χ0v) is 15.0. The smallest absolute Gasteiger partial charge is 0.223 e. The summed E-state index contributed by atoms with van der Waals surface area (Å²) in [6, 6.07) is 4.78. The fourth-order valence-electron chi connectivity index (χ4n) is 3.53. The third kappa shape index (κ3) is 2.82. The Morgan fingerprint density at radius 3 is 3.04 bits per heavy atom. The van der Waals surface area contributed by atoms with Gasteiger partial charge in [-0.1, -0.05) is 6.08 Å². The molecular formula is C20H20N4S. The van der Waals surface area contributed by atoms with Gasteiger partial charge in [0.15, 0.2) is 0 Å². The van der Waals surface area contributed by atoms with Crippen LogP contribution in [0.3, 0.4) is 0 Å². The highest BCUT2D eigenvalue weighted by Crippen LogP contribution is 2.37. The second-order valence-corrected chi connectivity index (χ2v) is 8.09. The minimum Gasteiger partial charge on any atom is -0.351 e. The van der Waals surface area contributed by atoms with Crippen LogP contribution in [0, 0.1) is 5.92 Å². The van der Waals surface area contributed by atoms with Crippen molar-refractivity contribution in [3.63, 3.8) is 0 Å². The number of rotatable bonds is 4. The van der Waals surface area contributed by atoms with Gasteiger partial charge in [-0.05, 0) is 56.2 Å². The first-order valence-corrected chi connectivity index (χ1v) is 9.76. The summed E-state index contributed by atoms with van der Waals surface area (Å²) in [5, 5.41) is 4.68. The third-order valence-electron chi connectivity index (χ3n) is 5.16. The van der Waals surface area contributed by atoms with Crippen molar-refractivity contribution in [1.29, 1.82) is 0 Å². The molecule has 2 aliphatic carbocycles. The number of aryl methyl sites for hydroxylation is 1. The summed E-state index contributed by atoms with van der Waals surface area (Å²) >= 11 is 1.81. The van der Waals surface area contributed by atoms with Gasteiger partial charge in [-0.25, -0.2) is 9.97 Å². The normalized spacial score (nSPS) is 17.9. The topological polar surface area (TPSA) is 50.7 Å². The highest BCUT2D eigenvalue weighted by Gasteiger charge is 2.28. The molecule has 0 saturated heterocycles. The van der Waals surface area contributed by atoms with Gasteiger partial charge in [0.05, 0.1) is 5.69 Å². The third-order valence-corrected chi connectivity index (χ3v) is 6.30. The maximum atomic E-state index is 4.82. The molecule has 3 aromatic rings. The molecule has 3 aromatic heterocycles. The van der Waals surface area contributed by atoms with E-state index in [0.717, 1.165) is 30.4 Å². The maximum absolute atomic E-state index is 4.82. The predicted molar refractivity (Wildman–Crippen MR) is 103 cm³/mol. The molecule has 1 N–H and O–H groups in total. The maximum Gasteiger partial charge on any atom is 0.223 e. The van der Waals surface area contributed by atoms with Crippen LogP contribution in [-0.4, -0.2) is 21.0 Å². The molecule has 0 amide bonds. The molecule has 0 bridgehead atoms. The number of nitrogens with one attached hydrogen (secondary N) is 1. The van der Waals surface area contributed by atoms with Crippen LogP contribution in [-0.2, 0) is 6.42 Å². The zero-order chi connectivity index (χ0) is 16.8. The summed E-state index contributed by atoms with van der Waals surface area (Å²) < 4.78 is 1.27. The SMILES string of the molecule is C[C@@H](Nc1ncc2c(n1)CCC=C2c1cc2cnccc2s1)C1CC1. The first kappa shape index (κ1) is 15.0. The van der Waals surface area contributed by atoms with E-state index in [2.05, 4.69) is 40.4 Å². The molecule has 0 unspecified atom stereocenters. The molecule has 0 spiro atoms. The first-order chi connectivity index (χ1) is 12.3. The number of nitrogens with zero attached hydrogens (tertiary/aromatic N) is 3. The van der Waals surface area contributed by atoms with Crippen molar-refractivity contribution in [1.82, 2.24) is 15.0 Å². The molecule has 0 radical (unpaired) electrons. The van der Waals surface area contributed by atoms with Gasteiger partial charge >= 0.3 is 0 Å². The van der Waals surface area contributed by atoms with Crippen molar-refractivity contribution in [2.45, 2.75) is 38.6 Å². The van der Waals surface area contributed by atoms with Gasteiger partial charge in [-0.15, -0.1) is 11.3 Å². The lowest BCUT2D eigenvalue weighted by Gasteiger charge is -2.18. The second-order valence-electron chi connectivity index (χ2n) is 7.01. The molecule has 2 aliphatic rings. The van der Waals surface area contributed by atoms with E-state index in [1.54, 1.807) is 0 Å². The zero-order valence-electron chi connectivity index (χ0n) is 14.2. The van der Waals surface area contributed by atoms with E-state index in [4.69, 9.17) is 4.98 Å². The molecule has 1 atom stereocenters. The van der Waals surface area contributed by atoms with Crippen LogP contribution < -0.4 is 5.32 Å². The van der Waals surface area contributed by atoms with Gasteiger partial charge in [-0.2, -0.15) is 0 Å². The molecule has 3 heterocycles. The molecule has 1 saturated carbocycles. The van der Waals surface area contributed by atoms with Crippen molar-refractivity contribution in [3.8, 4) is 0 Å². The van der Waals surface area contributed by atoms with Gasteiger partial charge < -0.3 is 5.32 Å². The van der Waals surface area contributed by atoms with E-state index in [1.807, 2.05) is 29.9 Å². The fourth-order valence-corrected chi connectivity index (χ4v) is 4.62. The molecule has 0 aliphatic heterocycles. The van der Waals surface area contributed by atoms with Crippen LogP contribution in [0.15, 0.2) is 36.8 Å². The molecule has 4 nitrogen and oxygen atoms in total. The Morgan fingerprint density at radius 1 is 1.28 bits per heavy atom. The summed E-state index contributed by atoms with van der Waals surface area (Å²) in [7, 11) is 0. The molecule has 25 heavy (non-hydrogen) atoms. The van der Waals surface area contributed by atoms with Gasteiger partial charge in [0.2, 0.25) is 5.95 Å². The van der Waals surface area contributed by atoms with Gasteiger partial charge in [0, 0.05) is 45.2 Å². The predicted octanol–water partition coefficient (Wildman–Crippen LogP) is 4.67. The highest BCUT2D eigenvalue weighted by atomic mass is 32.1. The number of pyridine rings is 1. The van der Waals surface area contributed by atoms with Gasteiger partial charge in [0.25, 0.3) is 0 Å². The molecule has 126 valence electrons. The van der Waals surface area contributed by atoms with Crippen molar-refractivity contribution in [2.75, 3.05) is 5.32 Å². The Hall–Kier alpha value is -2.27. The lowest BCUT2D eigenvalue weighted by atomic mass is 9.95. The molecule has 1 fully saturated rings. The second kappa shape index (κ2) is 5.92. The van der Waals surface area contributed by atoms with Gasteiger partial charge in [-0.3, -0.25) is 4.98 Å². The van der Waals surface area contributed by atoms with E-state index in [-0.39, 0.29) is 0 Å². The summed E-state index contributed by atoms with van der Waals surface area (Å²) in [6.45, 7) is 2.23. The average molecular weight is 348 g/mol. The van der Waals surface area contributed by atoms with Crippen LogP contribution in [0.2, 0.25) is 0 Å². The van der Waals surface area contributed by atoms with Crippen LogP contribution in [0.1, 0.15) is 42.3 Å². The standard InChI is InChI=1S/C20H20N4S/c1-12(13-5-6-13)23-20-22-11-16-15(3-2-4-17(16)24-20)19-9-14-10-21-8-7-18(14)25-19/h3,7-13H,2,4-6H2,1H3,(H,22,23,24)/t12-/m1/s1.